The molecule has 0 saturated carbocycles. The summed E-state index contributed by atoms with van der Waals surface area (Å²) in [6, 6.07) is 9.24. The summed E-state index contributed by atoms with van der Waals surface area (Å²) in [6.45, 7) is 3.03. The molecule has 114 valence electrons. The molecule has 0 radical (unpaired) electrons. The molecule has 22 heavy (non-hydrogen) atoms. The third kappa shape index (κ3) is 2.24. The Labute approximate surface area is 134 Å². The van der Waals surface area contributed by atoms with Gasteiger partial charge in [-0.2, -0.15) is 0 Å². The average molecular weight is 317 g/mol. The van der Waals surface area contributed by atoms with Crippen LogP contribution in [0, 0.1) is 0 Å². The van der Waals surface area contributed by atoms with Crippen LogP contribution in [-0.4, -0.2) is 35.7 Å². The van der Waals surface area contributed by atoms with Gasteiger partial charge in [-0.15, -0.1) is 11.6 Å². The van der Waals surface area contributed by atoms with Crippen molar-refractivity contribution >= 4 is 39.9 Å². The van der Waals surface area contributed by atoms with Crippen LogP contribution in [0.5, 0.6) is 0 Å². The Morgan fingerprint density at radius 2 is 1.82 bits per heavy atom. The summed E-state index contributed by atoms with van der Waals surface area (Å²) in [4.78, 5) is 26.5. The number of nitrogens with zero attached hydrogens (tertiary/aromatic N) is 1. The molecule has 1 aliphatic rings. The van der Waals surface area contributed by atoms with Crippen molar-refractivity contribution in [3.63, 3.8) is 0 Å². The number of carbonyl (C=O) groups is 2. The van der Waals surface area contributed by atoms with Gasteiger partial charge >= 0.3 is 0 Å². The summed E-state index contributed by atoms with van der Waals surface area (Å²) in [5, 5.41) is 4.87. The Bertz CT molecular complexity index is 735. The van der Waals surface area contributed by atoms with Crippen LogP contribution in [0.15, 0.2) is 30.3 Å². The quantitative estimate of drug-likeness (QED) is 0.678. The predicted octanol–water partition coefficient (Wildman–Crippen LogP) is 3.50. The van der Waals surface area contributed by atoms with Gasteiger partial charge in [-0.1, -0.05) is 19.1 Å². The lowest BCUT2D eigenvalue weighted by Gasteiger charge is -2.27. The molecule has 5 heteroatoms. The number of carbonyl (C=O) groups excluding carboxylic acids is 2. The molecule has 0 spiro atoms. The zero-order valence-electron chi connectivity index (χ0n) is 12.4. The molecule has 0 fully saturated rings. The van der Waals surface area contributed by atoms with E-state index in [0.29, 0.717) is 30.1 Å². The van der Waals surface area contributed by atoms with Gasteiger partial charge in [0.1, 0.15) is 0 Å². The third-order valence-electron chi connectivity index (χ3n) is 3.85. The Morgan fingerprint density at radius 3 is 2.50 bits per heavy atom. The second kappa shape index (κ2) is 5.97. The Hall–Kier alpha value is -2.07. The summed E-state index contributed by atoms with van der Waals surface area (Å²) in [7, 11) is 0. The van der Waals surface area contributed by atoms with Gasteiger partial charge in [-0.05, 0) is 24.6 Å². The fourth-order valence-electron chi connectivity index (χ4n) is 2.91. The summed E-state index contributed by atoms with van der Waals surface area (Å²) in [6.07, 6.45) is 0.748. The largest absolute Gasteiger partial charge is 0.383 e. The zero-order chi connectivity index (χ0) is 15.7. The van der Waals surface area contributed by atoms with Crippen LogP contribution < -0.4 is 5.32 Å². The van der Waals surface area contributed by atoms with E-state index < -0.39 is 0 Å². The number of benzene rings is 2. The first-order chi connectivity index (χ1) is 10.7. The highest BCUT2D eigenvalue weighted by molar-refractivity contribution is 6.26. The first-order valence-corrected chi connectivity index (χ1v) is 7.94. The molecule has 0 saturated heterocycles. The van der Waals surface area contributed by atoms with E-state index in [1.807, 2.05) is 25.1 Å². The van der Waals surface area contributed by atoms with E-state index in [9.17, 15) is 9.59 Å². The third-order valence-corrected chi connectivity index (χ3v) is 4.04. The minimum absolute atomic E-state index is 0.209. The molecule has 1 N–H and O–H groups in total. The van der Waals surface area contributed by atoms with Crippen LogP contribution in [0.3, 0.4) is 0 Å². The molecular formula is C17H17ClN2O2. The van der Waals surface area contributed by atoms with Crippen LogP contribution in [0.25, 0.3) is 10.8 Å². The van der Waals surface area contributed by atoms with E-state index in [4.69, 9.17) is 11.6 Å². The molecule has 3 rings (SSSR count). The second-order valence-electron chi connectivity index (χ2n) is 5.27. The van der Waals surface area contributed by atoms with Crippen molar-refractivity contribution in [3.8, 4) is 0 Å². The van der Waals surface area contributed by atoms with Crippen molar-refractivity contribution < 1.29 is 9.59 Å². The molecule has 1 aliphatic heterocycles. The molecule has 0 bridgehead atoms. The minimum atomic E-state index is -0.209. The van der Waals surface area contributed by atoms with Crippen molar-refractivity contribution in [1.29, 1.82) is 0 Å². The van der Waals surface area contributed by atoms with Gasteiger partial charge in [0, 0.05) is 46.6 Å². The van der Waals surface area contributed by atoms with Crippen LogP contribution >= 0.6 is 11.6 Å². The number of hydrogen-bond donors (Lipinski definition) is 1. The highest BCUT2D eigenvalue weighted by atomic mass is 35.5. The standard InChI is InChI=1S/C17H17ClN2O2/c1-2-10-20-16(21)12-5-3-4-11-14(19-9-8-18)7-6-13(15(11)12)17(20)22/h3-7,19H,2,8-10H2,1H3. The molecular weight excluding hydrogens is 300 g/mol. The topological polar surface area (TPSA) is 49.4 Å². The van der Waals surface area contributed by atoms with Gasteiger partial charge < -0.3 is 5.32 Å². The van der Waals surface area contributed by atoms with Gasteiger partial charge in [0.05, 0.1) is 0 Å². The van der Waals surface area contributed by atoms with Crippen LogP contribution in [0.2, 0.25) is 0 Å². The fraction of sp³-hybridized carbons (Fsp3) is 0.294. The maximum atomic E-state index is 12.6. The fourth-order valence-corrected chi connectivity index (χ4v) is 3.00. The lowest BCUT2D eigenvalue weighted by Crippen LogP contribution is -2.40. The van der Waals surface area contributed by atoms with Gasteiger partial charge in [0.15, 0.2) is 0 Å². The van der Waals surface area contributed by atoms with Crippen molar-refractivity contribution in [2.24, 2.45) is 0 Å². The lowest BCUT2D eigenvalue weighted by atomic mass is 9.93. The Morgan fingerprint density at radius 1 is 1.09 bits per heavy atom. The van der Waals surface area contributed by atoms with Gasteiger partial charge in [0.2, 0.25) is 0 Å². The first kappa shape index (κ1) is 14.9. The molecule has 0 aliphatic carbocycles. The van der Waals surface area contributed by atoms with Crippen molar-refractivity contribution in [2.45, 2.75) is 13.3 Å². The lowest BCUT2D eigenvalue weighted by molar-refractivity contribution is 0.0611. The van der Waals surface area contributed by atoms with Crippen molar-refractivity contribution in [3.05, 3.63) is 41.5 Å². The number of hydrogen-bond acceptors (Lipinski definition) is 3. The van der Waals surface area contributed by atoms with Crippen molar-refractivity contribution in [1.82, 2.24) is 4.90 Å². The molecule has 2 aromatic carbocycles. The summed E-state index contributed by atoms with van der Waals surface area (Å²) in [5.41, 5.74) is 2.08. The summed E-state index contributed by atoms with van der Waals surface area (Å²) in [5.74, 6) is 0.0734. The molecule has 0 aromatic heterocycles. The average Bonchev–Trinajstić information content (AvgIpc) is 2.54. The Kier molecular flexibility index (Phi) is 4.03. The number of alkyl halides is 1. The van der Waals surface area contributed by atoms with Gasteiger partial charge in [0.25, 0.3) is 11.8 Å². The van der Waals surface area contributed by atoms with Crippen molar-refractivity contribution in [2.75, 3.05) is 24.3 Å². The number of anilines is 1. The smallest absolute Gasteiger partial charge is 0.261 e. The first-order valence-electron chi connectivity index (χ1n) is 7.40. The summed E-state index contributed by atoms with van der Waals surface area (Å²) >= 11 is 5.73. The van der Waals surface area contributed by atoms with E-state index in [-0.39, 0.29) is 11.8 Å². The highest BCUT2D eigenvalue weighted by Gasteiger charge is 2.32. The maximum absolute atomic E-state index is 12.6. The molecule has 2 aromatic rings. The highest BCUT2D eigenvalue weighted by Crippen LogP contribution is 2.34. The van der Waals surface area contributed by atoms with Crippen LogP contribution in [0.4, 0.5) is 5.69 Å². The van der Waals surface area contributed by atoms with E-state index in [1.165, 1.54) is 4.90 Å². The Balaban J connectivity index is 2.20. The minimum Gasteiger partial charge on any atom is -0.383 e. The van der Waals surface area contributed by atoms with E-state index in [0.717, 1.165) is 22.9 Å². The molecule has 4 nitrogen and oxygen atoms in total. The molecule has 0 atom stereocenters. The number of rotatable bonds is 5. The number of nitrogens with one attached hydrogen (secondary N) is 1. The number of amides is 2. The number of imide groups is 1. The second-order valence-corrected chi connectivity index (χ2v) is 5.64. The number of halogens is 1. The zero-order valence-corrected chi connectivity index (χ0v) is 13.1. The SMILES string of the molecule is CCCN1C(=O)c2cccc3c(NCCCl)ccc(c23)C1=O. The van der Waals surface area contributed by atoms with E-state index in [2.05, 4.69) is 5.32 Å². The van der Waals surface area contributed by atoms with E-state index >= 15 is 0 Å². The molecule has 0 unspecified atom stereocenters. The normalized spacial score (nSPS) is 13.8. The summed E-state index contributed by atoms with van der Waals surface area (Å²) < 4.78 is 0. The van der Waals surface area contributed by atoms with Gasteiger partial charge in [-0.3, -0.25) is 14.5 Å². The molecule has 1 heterocycles. The van der Waals surface area contributed by atoms with E-state index in [1.54, 1.807) is 12.1 Å². The van der Waals surface area contributed by atoms with Gasteiger partial charge in [-0.25, -0.2) is 0 Å². The van der Waals surface area contributed by atoms with Crippen LogP contribution in [0.1, 0.15) is 34.1 Å². The maximum Gasteiger partial charge on any atom is 0.261 e. The monoisotopic (exact) mass is 316 g/mol. The van der Waals surface area contributed by atoms with Crippen LogP contribution in [-0.2, 0) is 0 Å². The predicted molar refractivity (Wildman–Crippen MR) is 88.8 cm³/mol. The molecule has 2 amide bonds.